The quantitative estimate of drug-likeness (QED) is 0.476. The van der Waals surface area contributed by atoms with Crippen LogP contribution in [-0.2, 0) is 10.0 Å². The number of hydrogen-bond donors (Lipinski definition) is 0. The number of para-hydroxylation sites is 2. The molecule has 1 amide bonds. The third-order valence-corrected chi connectivity index (χ3v) is 9.31. The van der Waals surface area contributed by atoms with Gasteiger partial charge in [-0.15, -0.1) is 11.3 Å². The summed E-state index contributed by atoms with van der Waals surface area (Å²) in [7, 11) is -3.70. The van der Waals surface area contributed by atoms with Crippen molar-refractivity contribution < 1.29 is 18.1 Å². The van der Waals surface area contributed by atoms with Crippen molar-refractivity contribution in [3.05, 3.63) is 50.7 Å². The van der Waals surface area contributed by atoms with Gasteiger partial charge in [-0.25, -0.2) is 8.42 Å². The molecule has 0 radical (unpaired) electrons. The fourth-order valence-electron chi connectivity index (χ4n) is 3.76. The second-order valence-electron chi connectivity index (χ2n) is 7.16. The Balaban J connectivity index is 1.48. The molecule has 166 valence electrons. The number of hydrogen-bond acceptors (Lipinski definition) is 8. The van der Waals surface area contributed by atoms with Gasteiger partial charge in [-0.2, -0.15) is 16.1 Å². The Morgan fingerprint density at radius 3 is 2.35 bits per heavy atom. The topological polar surface area (TPSA) is 104 Å². The molecule has 0 spiro atoms. The third-order valence-electron chi connectivity index (χ3n) is 5.40. The first-order valence-electron chi connectivity index (χ1n) is 9.82. The fourth-order valence-corrected chi connectivity index (χ4v) is 7.70. The zero-order valence-corrected chi connectivity index (χ0v) is 19.1. The maximum absolute atomic E-state index is 13.2. The summed E-state index contributed by atoms with van der Waals surface area (Å²) in [5, 5.41) is 12.9. The van der Waals surface area contributed by atoms with Gasteiger partial charge in [0.05, 0.1) is 4.92 Å². The summed E-state index contributed by atoms with van der Waals surface area (Å²) in [6.45, 7) is 2.50. The van der Waals surface area contributed by atoms with E-state index in [4.69, 9.17) is 0 Å². The molecule has 2 aliphatic rings. The molecule has 9 nitrogen and oxygen atoms in total. The number of anilines is 1. The molecule has 2 saturated heterocycles. The highest BCUT2D eigenvalue weighted by atomic mass is 32.2. The lowest BCUT2D eigenvalue weighted by Crippen LogP contribution is -2.49. The average molecular weight is 483 g/mol. The van der Waals surface area contributed by atoms with Crippen LogP contribution >= 0.6 is 23.1 Å². The average Bonchev–Trinajstić information content (AvgIpc) is 3.30. The van der Waals surface area contributed by atoms with Crippen LogP contribution in [0.5, 0.6) is 0 Å². The SMILES string of the molecule is O=C(c1sccc1S(=O)(=O)N1CCSCC1)N1CCN(c2ccccc2[N+](=O)[O-])CC1. The van der Waals surface area contributed by atoms with Crippen molar-refractivity contribution in [2.45, 2.75) is 4.90 Å². The van der Waals surface area contributed by atoms with E-state index in [-0.39, 0.29) is 21.4 Å². The Kier molecular flexibility index (Phi) is 6.51. The number of sulfonamides is 1. The van der Waals surface area contributed by atoms with E-state index >= 15 is 0 Å². The van der Waals surface area contributed by atoms with Crippen molar-refractivity contribution in [1.29, 1.82) is 0 Å². The summed E-state index contributed by atoms with van der Waals surface area (Å²) in [4.78, 5) is 27.9. The van der Waals surface area contributed by atoms with E-state index < -0.39 is 14.9 Å². The number of nitrogens with zero attached hydrogens (tertiary/aromatic N) is 4. The molecule has 2 aliphatic heterocycles. The monoisotopic (exact) mass is 482 g/mol. The second kappa shape index (κ2) is 9.15. The van der Waals surface area contributed by atoms with Crippen LogP contribution in [-0.4, -0.2) is 79.2 Å². The minimum absolute atomic E-state index is 0.0357. The number of amides is 1. The lowest BCUT2D eigenvalue weighted by Gasteiger charge is -2.35. The first-order chi connectivity index (χ1) is 14.9. The van der Waals surface area contributed by atoms with Crippen molar-refractivity contribution in [3.8, 4) is 0 Å². The molecular formula is C19H22N4O5S3. The smallest absolute Gasteiger partial charge is 0.292 e. The molecule has 12 heteroatoms. The molecule has 0 atom stereocenters. The largest absolute Gasteiger partial charge is 0.362 e. The summed E-state index contributed by atoms with van der Waals surface area (Å²) < 4.78 is 27.6. The van der Waals surface area contributed by atoms with Crippen LogP contribution in [0.1, 0.15) is 9.67 Å². The number of thiophene rings is 1. The number of carbonyl (C=O) groups is 1. The molecule has 1 aromatic carbocycles. The van der Waals surface area contributed by atoms with Crippen LogP contribution in [0.4, 0.5) is 11.4 Å². The van der Waals surface area contributed by atoms with Gasteiger partial charge in [0.25, 0.3) is 11.6 Å². The third kappa shape index (κ3) is 4.43. The van der Waals surface area contributed by atoms with Crippen LogP contribution in [0.15, 0.2) is 40.6 Å². The van der Waals surface area contributed by atoms with Gasteiger partial charge in [0.15, 0.2) is 0 Å². The number of nitro benzene ring substituents is 1. The molecule has 0 unspecified atom stereocenters. The normalized spacial score (nSPS) is 18.2. The predicted molar refractivity (Wildman–Crippen MR) is 122 cm³/mol. The van der Waals surface area contributed by atoms with E-state index in [9.17, 15) is 23.3 Å². The summed E-state index contributed by atoms with van der Waals surface area (Å²) in [5.41, 5.74) is 0.565. The van der Waals surface area contributed by atoms with E-state index in [2.05, 4.69) is 0 Å². The van der Waals surface area contributed by atoms with Gasteiger partial charge < -0.3 is 9.80 Å². The molecule has 0 bridgehead atoms. The fraction of sp³-hybridized carbons (Fsp3) is 0.421. The maximum Gasteiger partial charge on any atom is 0.292 e. The van der Waals surface area contributed by atoms with Crippen LogP contribution in [0.3, 0.4) is 0 Å². The summed E-state index contributed by atoms with van der Waals surface area (Å²) in [6.07, 6.45) is 0. The van der Waals surface area contributed by atoms with Gasteiger partial charge in [0.2, 0.25) is 10.0 Å². The van der Waals surface area contributed by atoms with Crippen molar-refractivity contribution in [3.63, 3.8) is 0 Å². The van der Waals surface area contributed by atoms with Crippen LogP contribution < -0.4 is 4.90 Å². The van der Waals surface area contributed by atoms with Crippen LogP contribution in [0, 0.1) is 10.1 Å². The molecule has 2 aromatic rings. The standard InChI is InChI=1S/C19H22N4O5S3/c24-19(18-17(5-12-30-18)31(27,28)22-10-13-29-14-11-22)21-8-6-20(7-9-21)15-3-1-2-4-16(15)23(25)26/h1-5,12H,6-11,13-14H2. The maximum atomic E-state index is 13.2. The van der Waals surface area contributed by atoms with Crippen molar-refractivity contribution >= 4 is 50.4 Å². The second-order valence-corrected chi connectivity index (χ2v) is 11.2. The van der Waals surface area contributed by atoms with E-state index in [1.165, 1.54) is 16.4 Å². The lowest BCUT2D eigenvalue weighted by molar-refractivity contribution is -0.384. The zero-order chi connectivity index (χ0) is 22.0. The molecule has 4 rings (SSSR count). The Morgan fingerprint density at radius 2 is 1.68 bits per heavy atom. The van der Waals surface area contributed by atoms with Gasteiger partial charge in [0.1, 0.15) is 15.5 Å². The van der Waals surface area contributed by atoms with Crippen LogP contribution in [0.25, 0.3) is 0 Å². The predicted octanol–water partition coefficient (Wildman–Crippen LogP) is 2.36. The Morgan fingerprint density at radius 1 is 1.00 bits per heavy atom. The molecule has 0 aliphatic carbocycles. The number of piperazine rings is 1. The molecule has 31 heavy (non-hydrogen) atoms. The Labute approximate surface area is 188 Å². The first-order valence-corrected chi connectivity index (χ1v) is 13.3. The first kappa shape index (κ1) is 22.1. The summed E-state index contributed by atoms with van der Waals surface area (Å²) in [5.74, 6) is 1.20. The molecule has 3 heterocycles. The van der Waals surface area contributed by atoms with Crippen LogP contribution in [0.2, 0.25) is 0 Å². The zero-order valence-electron chi connectivity index (χ0n) is 16.7. The highest BCUT2D eigenvalue weighted by Gasteiger charge is 2.34. The van der Waals surface area contributed by atoms with E-state index in [1.54, 1.807) is 40.2 Å². The van der Waals surface area contributed by atoms with Crippen molar-refractivity contribution in [1.82, 2.24) is 9.21 Å². The van der Waals surface area contributed by atoms with Gasteiger partial charge in [-0.1, -0.05) is 12.1 Å². The van der Waals surface area contributed by atoms with Crippen molar-refractivity contribution in [2.24, 2.45) is 0 Å². The molecule has 1 aromatic heterocycles. The van der Waals surface area contributed by atoms with E-state index in [1.807, 2.05) is 4.90 Å². The summed E-state index contributed by atoms with van der Waals surface area (Å²) in [6, 6.07) is 8.06. The molecular weight excluding hydrogens is 460 g/mol. The molecule has 0 saturated carbocycles. The number of carbonyl (C=O) groups excluding carboxylic acids is 1. The minimum Gasteiger partial charge on any atom is -0.362 e. The van der Waals surface area contributed by atoms with E-state index in [0.717, 1.165) is 22.8 Å². The van der Waals surface area contributed by atoms with E-state index in [0.29, 0.717) is 45.0 Å². The number of benzene rings is 1. The number of thioether (sulfide) groups is 1. The van der Waals surface area contributed by atoms with Crippen molar-refractivity contribution in [2.75, 3.05) is 55.7 Å². The highest BCUT2D eigenvalue weighted by molar-refractivity contribution is 7.99. The lowest BCUT2D eigenvalue weighted by atomic mass is 10.2. The number of nitro groups is 1. The Bertz CT molecular complexity index is 1070. The Hall–Kier alpha value is -2.15. The molecule has 0 N–H and O–H groups in total. The molecule has 2 fully saturated rings. The summed E-state index contributed by atoms with van der Waals surface area (Å²) >= 11 is 2.86. The number of rotatable bonds is 5. The van der Waals surface area contributed by atoms with Gasteiger partial charge in [-0.3, -0.25) is 14.9 Å². The van der Waals surface area contributed by atoms with Gasteiger partial charge in [0, 0.05) is 56.8 Å². The van der Waals surface area contributed by atoms with Gasteiger partial charge >= 0.3 is 0 Å². The highest BCUT2D eigenvalue weighted by Crippen LogP contribution is 2.31. The van der Waals surface area contributed by atoms with Gasteiger partial charge in [-0.05, 0) is 17.5 Å². The minimum atomic E-state index is -3.70.